The van der Waals surface area contributed by atoms with Crippen LogP contribution in [0.15, 0.2) is 51.0 Å². The van der Waals surface area contributed by atoms with E-state index in [2.05, 4.69) is 14.9 Å². The van der Waals surface area contributed by atoms with Gasteiger partial charge < -0.3 is 4.90 Å². The standard InChI is InChI=1S/C28H31N7O3/c1-5-33-23-14-19-21(15-24(23)34(6-2)28(33)38)29-16-30-25(19)32-11-9-18(10-12-32)35-26(36)20-13-17(3)7-8-22(20)31(4)27(35)37/h7-8,13-16,18H,5-6,9-12H2,1-4H3. The van der Waals surface area contributed by atoms with Crippen LogP contribution in [0.4, 0.5) is 5.82 Å². The maximum Gasteiger partial charge on any atom is 0.331 e. The molecular formula is C28H31N7O3. The minimum Gasteiger partial charge on any atom is -0.356 e. The molecule has 4 heterocycles. The summed E-state index contributed by atoms with van der Waals surface area (Å²) in [6.45, 7) is 8.35. The average molecular weight is 514 g/mol. The number of aromatic nitrogens is 6. The predicted octanol–water partition coefficient (Wildman–Crippen LogP) is 2.95. The van der Waals surface area contributed by atoms with E-state index in [0.29, 0.717) is 49.9 Å². The van der Waals surface area contributed by atoms with Gasteiger partial charge in [-0.1, -0.05) is 11.6 Å². The number of piperidine rings is 1. The Morgan fingerprint density at radius 3 is 2.21 bits per heavy atom. The third kappa shape index (κ3) is 3.50. The van der Waals surface area contributed by atoms with Crippen LogP contribution in [0, 0.1) is 6.92 Å². The van der Waals surface area contributed by atoms with Crippen LogP contribution >= 0.6 is 0 Å². The van der Waals surface area contributed by atoms with Gasteiger partial charge in [-0.3, -0.25) is 23.1 Å². The molecule has 196 valence electrons. The molecule has 1 aliphatic rings. The van der Waals surface area contributed by atoms with Gasteiger partial charge in [0, 0.05) is 44.7 Å². The molecule has 0 radical (unpaired) electrons. The largest absolute Gasteiger partial charge is 0.356 e. The van der Waals surface area contributed by atoms with Gasteiger partial charge in [-0.25, -0.2) is 19.6 Å². The van der Waals surface area contributed by atoms with E-state index in [-0.39, 0.29) is 23.0 Å². The van der Waals surface area contributed by atoms with Crippen LogP contribution in [-0.4, -0.2) is 41.3 Å². The molecule has 6 rings (SSSR count). The van der Waals surface area contributed by atoms with Crippen molar-refractivity contribution in [2.24, 2.45) is 7.05 Å². The van der Waals surface area contributed by atoms with Gasteiger partial charge in [-0.15, -0.1) is 0 Å². The molecule has 5 aromatic rings. The van der Waals surface area contributed by atoms with Gasteiger partial charge in [0.25, 0.3) is 5.56 Å². The van der Waals surface area contributed by atoms with Crippen molar-refractivity contribution < 1.29 is 0 Å². The highest BCUT2D eigenvalue weighted by molar-refractivity contribution is 5.99. The second-order valence-electron chi connectivity index (χ2n) is 10.1. The summed E-state index contributed by atoms with van der Waals surface area (Å²) in [4.78, 5) is 50.8. The van der Waals surface area contributed by atoms with Gasteiger partial charge in [0.15, 0.2) is 0 Å². The van der Waals surface area contributed by atoms with Crippen LogP contribution in [0.5, 0.6) is 0 Å². The minimum absolute atomic E-state index is 0.0202. The summed E-state index contributed by atoms with van der Waals surface area (Å²) in [7, 11) is 1.72. The van der Waals surface area contributed by atoms with Crippen LogP contribution in [0.2, 0.25) is 0 Å². The van der Waals surface area contributed by atoms with E-state index < -0.39 is 0 Å². The van der Waals surface area contributed by atoms with Gasteiger partial charge in [0.05, 0.1) is 27.5 Å². The quantitative estimate of drug-likeness (QED) is 0.366. The van der Waals surface area contributed by atoms with Crippen molar-refractivity contribution in [2.75, 3.05) is 18.0 Å². The zero-order chi connectivity index (χ0) is 26.7. The Morgan fingerprint density at radius 1 is 0.842 bits per heavy atom. The first-order valence-corrected chi connectivity index (χ1v) is 13.2. The van der Waals surface area contributed by atoms with Crippen molar-refractivity contribution in [3.05, 3.63) is 73.5 Å². The molecule has 0 spiro atoms. The highest BCUT2D eigenvalue weighted by atomic mass is 16.2. The molecule has 1 aliphatic heterocycles. The first-order chi connectivity index (χ1) is 18.3. The molecule has 1 saturated heterocycles. The lowest BCUT2D eigenvalue weighted by Crippen LogP contribution is -2.45. The van der Waals surface area contributed by atoms with E-state index in [1.807, 2.05) is 51.1 Å². The highest BCUT2D eigenvalue weighted by Gasteiger charge is 2.27. The molecule has 2 aromatic carbocycles. The Labute approximate surface area is 218 Å². The predicted molar refractivity (Wildman–Crippen MR) is 149 cm³/mol. The molecule has 38 heavy (non-hydrogen) atoms. The van der Waals surface area contributed by atoms with Gasteiger partial charge in [0.1, 0.15) is 12.1 Å². The fourth-order valence-corrected chi connectivity index (χ4v) is 5.97. The zero-order valence-corrected chi connectivity index (χ0v) is 22.1. The third-order valence-electron chi connectivity index (χ3n) is 7.97. The Bertz CT molecular complexity index is 1900. The van der Waals surface area contributed by atoms with Crippen LogP contribution in [0.3, 0.4) is 0 Å². The lowest BCUT2D eigenvalue weighted by Gasteiger charge is -2.34. The summed E-state index contributed by atoms with van der Waals surface area (Å²) >= 11 is 0. The molecule has 0 bridgehead atoms. The molecule has 0 N–H and O–H groups in total. The van der Waals surface area contributed by atoms with Crippen LogP contribution < -0.4 is 21.8 Å². The first-order valence-electron chi connectivity index (χ1n) is 13.2. The number of fused-ring (bicyclic) bond motifs is 3. The molecule has 1 fully saturated rings. The van der Waals surface area contributed by atoms with E-state index >= 15 is 0 Å². The summed E-state index contributed by atoms with van der Waals surface area (Å²) in [5.74, 6) is 0.809. The monoisotopic (exact) mass is 513 g/mol. The normalized spacial score (nSPS) is 14.8. The highest BCUT2D eigenvalue weighted by Crippen LogP contribution is 2.31. The van der Waals surface area contributed by atoms with Gasteiger partial charge in [-0.05, 0) is 57.9 Å². The molecule has 10 nitrogen and oxygen atoms in total. The number of benzene rings is 2. The van der Waals surface area contributed by atoms with Crippen molar-refractivity contribution >= 4 is 38.7 Å². The topological polar surface area (TPSA) is 100.0 Å². The molecule has 10 heteroatoms. The number of anilines is 1. The molecule has 3 aromatic heterocycles. The van der Waals surface area contributed by atoms with E-state index in [4.69, 9.17) is 0 Å². The molecule has 0 unspecified atom stereocenters. The van der Waals surface area contributed by atoms with Gasteiger partial charge in [0.2, 0.25) is 0 Å². The number of imidazole rings is 1. The fraction of sp³-hybridized carbons (Fsp3) is 0.393. The number of hydrogen-bond donors (Lipinski definition) is 0. The summed E-state index contributed by atoms with van der Waals surface area (Å²) in [5, 5.41) is 1.46. The summed E-state index contributed by atoms with van der Waals surface area (Å²) in [5.41, 5.74) is 3.65. The summed E-state index contributed by atoms with van der Waals surface area (Å²) in [6, 6.07) is 9.42. The van der Waals surface area contributed by atoms with Crippen molar-refractivity contribution in [1.29, 1.82) is 0 Å². The van der Waals surface area contributed by atoms with E-state index in [9.17, 15) is 14.4 Å². The third-order valence-corrected chi connectivity index (χ3v) is 7.97. The second-order valence-corrected chi connectivity index (χ2v) is 10.1. The maximum absolute atomic E-state index is 13.4. The van der Waals surface area contributed by atoms with Crippen LogP contribution in [0.1, 0.15) is 38.3 Å². The van der Waals surface area contributed by atoms with E-state index in [0.717, 1.165) is 33.3 Å². The number of rotatable bonds is 4. The van der Waals surface area contributed by atoms with Crippen molar-refractivity contribution in [3.63, 3.8) is 0 Å². The van der Waals surface area contributed by atoms with Crippen LogP contribution in [0.25, 0.3) is 32.8 Å². The molecular weight excluding hydrogens is 482 g/mol. The SMILES string of the molecule is CCn1c(=O)n(CC)c2cc3c(N4CCC(n5c(=O)c6cc(C)ccc6n(C)c5=O)CC4)ncnc3cc21. The average Bonchev–Trinajstić information content (AvgIpc) is 3.19. The number of aryl methyl sites for hydroxylation is 4. The summed E-state index contributed by atoms with van der Waals surface area (Å²) < 4.78 is 6.56. The van der Waals surface area contributed by atoms with Crippen LogP contribution in [-0.2, 0) is 20.1 Å². The number of hydrogen-bond acceptors (Lipinski definition) is 6. The summed E-state index contributed by atoms with van der Waals surface area (Å²) in [6.07, 6.45) is 2.85. The van der Waals surface area contributed by atoms with Gasteiger partial charge >= 0.3 is 11.4 Å². The van der Waals surface area contributed by atoms with Crippen molar-refractivity contribution in [2.45, 2.75) is 52.7 Å². The maximum atomic E-state index is 13.4. The Morgan fingerprint density at radius 2 is 1.53 bits per heavy atom. The molecule has 0 aliphatic carbocycles. The number of nitrogens with zero attached hydrogens (tertiary/aromatic N) is 7. The van der Waals surface area contributed by atoms with E-state index in [1.54, 1.807) is 27.1 Å². The fourth-order valence-electron chi connectivity index (χ4n) is 5.97. The molecule has 0 amide bonds. The van der Waals surface area contributed by atoms with E-state index in [1.165, 1.54) is 4.57 Å². The lowest BCUT2D eigenvalue weighted by molar-refractivity contribution is 0.371. The van der Waals surface area contributed by atoms with Gasteiger partial charge in [-0.2, -0.15) is 0 Å². The Hall–Kier alpha value is -4.21. The Kier molecular flexibility index (Phi) is 5.70. The zero-order valence-electron chi connectivity index (χ0n) is 22.1. The smallest absolute Gasteiger partial charge is 0.331 e. The van der Waals surface area contributed by atoms with Crippen molar-refractivity contribution in [3.8, 4) is 0 Å². The van der Waals surface area contributed by atoms with Crippen molar-refractivity contribution in [1.82, 2.24) is 28.2 Å². The lowest BCUT2D eigenvalue weighted by atomic mass is 10.0. The molecule has 0 atom stereocenters. The molecule has 0 saturated carbocycles. The minimum atomic E-state index is -0.280. The first kappa shape index (κ1) is 24.1. The Balaban J connectivity index is 1.38. The second kappa shape index (κ2) is 8.97.